The number of primary sulfonamides is 1. The quantitative estimate of drug-likeness (QED) is 0.727. The number of hydrogen-bond acceptors (Lipinski definition) is 4. The van der Waals surface area contributed by atoms with Gasteiger partial charge < -0.3 is 10.4 Å². The second kappa shape index (κ2) is 5.48. The molecule has 6 heteroatoms. The van der Waals surface area contributed by atoms with Crippen molar-refractivity contribution in [1.82, 2.24) is 0 Å². The minimum Gasteiger partial charge on any atom is -0.396 e. The van der Waals surface area contributed by atoms with Crippen LogP contribution in [0, 0.1) is 5.92 Å². The first-order valence-electron chi connectivity index (χ1n) is 5.35. The lowest BCUT2D eigenvalue weighted by Gasteiger charge is -2.20. The summed E-state index contributed by atoms with van der Waals surface area (Å²) in [6.07, 6.45) is 0. The Morgan fingerprint density at radius 1 is 1.29 bits per heavy atom. The summed E-state index contributed by atoms with van der Waals surface area (Å²) < 4.78 is 22.1. The third-order valence-electron chi connectivity index (χ3n) is 2.72. The Hall–Kier alpha value is -1.11. The van der Waals surface area contributed by atoms with E-state index in [9.17, 15) is 8.42 Å². The maximum absolute atomic E-state index is 11.0. The SMILES string of the molecule is CC(CO)C(C)Nc1ccc(S(N)(=O)=O)cc1. The lowest BCUT2D eigenvalue weighted by molar-refractivity contribution is 0.226. The maximum Gasteiger partial charge on any atom is 0.238 e. The summed E-state index contributed by atoms with van der Waals surface area (Å²) >= 11 is 0. The van der Waals surface area contributed by atoms with Crippen molar-refractivity contribution in [2.45, 2.75) is 24.8 Å². The van der Waals surface area contributed by atoms with Crippen molar-refractivity contribution in [3.8, 4) is 0 Å². The van der Waals surface area contributed by atoms with Crippen LogP contribution in [0.15, 0.2) is 29.2 Å². The third kappa shape index (κ3) is 3.99. The predicted molar refractivity (Wildman–Crippen MR) is 67.1 cm³/mol. The Kier molecular flexibility index (Phi) is 4.50. The lowest BCUT2D eigenvalue weighted by Crippen LogP contribution is -2.26. The topological polar surface area (TPSA) is 92.4 Å². The third-order valence-corrected chi connectivity index (χ3v) is 3.65. The van der Waals surface area contributed by atoms with Gasteiger partial charge in [-0.3, -0.25) is 0 Å². The van der Waals surface area contributed by atoms with E-state index in [0.717, 1.165) is 5.69 Å². The minimum atomic E-state index is -3.64. The van der Waals surface area contributed by atoms with Crippen LogP contribution in [0.5, 0.6) is 0 Å². The highest BCUT2D eigenvalue weighted by molar-refractivity contribution is 7.89. The second-order valence-electron chi connectivity index (χ2n) is 4.16. The van der Waals surface area contributed by atoms with E-state index in [-0.39, 0.29) is 23.5 Å². The van der Waals surface area contributed by atoms with Crippen LogP contribution in [-0.2, 0) is 10.0 Å². The fraction of sp³-hybridized carbons (Fsp3) is 0.455. The summed E-state index contributed by atoms with van der Waals surface area (Å²) in [7, 11) is -3.64. The van der Waals surface area contributed by atoms with Crippen LogP contribution < -0.4 is 10.5 Å². The molecular weight excluding hydrogens is 240 g/mol. The zero-order valence-electron chi connectivity index (χ0n) is 9.92. The number of hydrogen-bond donors (Lipinski definition) is 3. The molecule has 0 aromatic heterocycles. The molecule has 0 aliphatic heterocycles. The highest BCUT2D eigenvalue weighted by atomic mass is 32.2. The van der Waals surface area contributed by atoms with Crippen LogP contribution in [0.1, 0.15) is 13.8 Å². The molecule has 5 nitrogen and oxygen atoms in total. The molecule has 96 valence electrons. The first-order valence-corrected chi connectivity index (χ1v) is 6.89. The molecule has 0 radical (unpaired) electrons. The first-order chi connectivity index (χ1) is 7.84. The average Bonchev–Trinajstić information content (AvgIpc) is 2.27. The van der Waals surface area contributed by atoms with Crippen molar-refractivity contribution in [3.05, 3.63) is 24.3 Å². The van der Waals surface area contributed by atoms with Gasteiger partial charge in [-0.1, -0.05) is 6.92 Å². The molecule has 0 aliphatic carbocycles. The van der Waals surface area contributed by atoms with Gasteiger partial charge in [0.2, 0.25) is 10.0 Å². The van der Waals surface area contributed by atoms with Crippen LogP contribution in [0.2, 0.25) is 0 Å². The van der Waals surface area contributed by atoms with Gasteiger partial charge in [-0.05, 0) is 37.1 Å². The van der Waals surface area contributed by atoms with Gasteiger partial charge in [0, 0.05) is 18.3 Å². The zero-order chi connectivity index (χ0) is 13.1. The van der Waals surface area contributed by atoms with E-state index in [1.165, 1.54) is 12.1 Å². The number of aliphatic hydroxyl groups excluding tert-OH is 1. The number of benzene rings is 1. The molecule has 0 aliphatic rings. The van der Waals surface area contributed by atoms with Gasteiger partial charge in [-0.2, -0.15) is 0 Å². The van der Waals surface area contributed by atoms with E-state index in [1.54, 1.807) is 12.1 Å². The molecule has 1 aromatic rings. The summed E-state index contributed by atoms with van der Waals surface area (Å²) in [6.45, 7) is 3.98. The van der Waals surface area contributed by atoms with Crippen molar-refractivity contribution >= 4 is 15.7 Å². The Morgan fingerprint density at radius 3 is 2.24 bits per heavy atom. The highest BCUT2D eigenvalue weighted by Crippen LogP contribution is 2.15. The minimum absolute atomic E-state index is 0.0888. The number of sulfonamides is 1. The Labute approximate surface area is 102 Å². The summed E-state index contributed by atoms with van der Waals surface area (Å²) in [4.78, 5) is 0.0888. The zero-order valence-corrected chi connectivity index (χ0v) is 10.7. The molecule has 2 unspecified atom stereocenters. The Bertz CT molecular complexity index is 456. The summed E-state index contributed by atoms with van der Waals surface area (Å²) in [6, 6.07) is 6.31. The Balaban J connectivity index is 2.76. The molecular formula is C11H18N2O3S. The monoisotopic (exact) mass is 258 g/mol. The molecule has 1 rings (SSSR count). The summed E-state index contributed by atoms with van der Waals surface area (Å²) in [5.41, 5.74) is 0.796. The van der Waals surface area contributed by atoms with Crippen molar-refractivity contribution in [1.29, 1.82) is 0 Å². The molecule has 0 fully saturated rings. The molecule has 4 N–H and O–H groups in total. The molecule has 17 heavy (non-hydrogen) atoms. The van der Waals surface area contributed by atoms with Crippen LogP contribution in [0.4, 0.5) is 5.69 Å². The fourth-order valence-corrected chi connectivity index (χ4v) is 1.82. The molecule has 0 saturated heterocycles. The van der Waals surface area contributed by atoms with Crippen LogP contribution in [0.3, 0.4) is 0 Å². The Morgan fingerprint density at radius 2 is 1.82 bits per heavy atom. The number of rotatable bonds is 5. The van der Waals surface area contributed by atoms with Crippen LogP contribution in [-0.4, -0.2) is 26.2 Å². The van der Waals surface area contributed by atoms with Crippen molar-refractivity contribution in [2.75, 3.05) is 11.9 Å². The summed E-state index contributed by atoms with van der Waals surface area (Å²) in [5.74, 6) is 0.118. The molecule has 2 atom stereocenters. The highest BCUT2D eigenvalue weighted by Gasteiger charge is 2.11. The second-order valence-corrected chi connectivity index (χ2v) is 5.72. The normalized spacial score (nSPS) is 15.3. The molecule has 0 spiro atoms. The molecule has 0 saturated carbocycles. The molecule has 1 aromatic carbocycles. The lowest BCUT2D eigenvalue weighted by atomic mass is 10.1. The smallest absolute Gasteiger partial charge is 0.238 e. The van der Waals surface area contributed by atoms with Crippen molar-refractivity contribution < 1.29 is 13.5 Å². The standard InChI is InChI=1S/C11H18N2O3S/c1-8(7-14)9(2)13-10-3-5-11(6-4-10)17(12,15)16/h3-6,8-9,13-14H,7H2,1-2H3,(H2,12,15,16). The molecule has 0 bridgehead atoms. The van der Waals surface area contributed by atoms with Gasteiger partial charge in [0.05, 0.1) is 4.90 Å². The van der Waals surface area contributed by atoms with Gasteiger partial charge in [0.25, 0.3) is 0 Å². The van der Waals surface area contributed by atoms with Crippen LogP contribution >= 0.6 is 0 Å². The van der Waals surface area contributed by atoms with Gasteiger partial charge in [0.1, 0.15) is 0 Å². The largest absolute Gasteiger partial charge is 0.396 e. The molecule has 0 amide bonds. The first kappa shape index (κ1) is 14.0. The van der Waals surface area contributed by atoms with E-state index in [2.05, 4.69) is 5.32 Å². The number of anilines is 1. The van der Waals surface area contributed by atoms with Gasteiger partial charge in [-0.15, -0.1) is 0 Å². The van der Waals surface area contributed by atoms with Gasteiger partial charge in [0.15, 0.2) is 0 Å². The van der Waals surface area contributed by atoms with E-state index in [0.29, 0.717) is 0 Å². The number of aliphatic hydroxyl groups is 1. The van der Waals surface area contributed by atoms with E-state index in [4.69, 9.17) is 10.2 Å². The van der Waals surface area contributed by atoms with E-state index < -0.39 is 10.0 Å². The summed E-state index contributed by atoms with van der Waals surface area (Å²) in [5, 5.41) is 17.2. The number of nitrogens with one attached hydrogen (secondary N) is 1. The van der Waals surface area contributed by atoms with E-state index in [1.807, 2.05) is 13.8 Å². The van der Waals surface area contributed by atoms with Gasteiger partial charge in [-0.25, -0.2) is 13.6 Å². The van der Waals surface area contributed by atoms with Gasteiger partial charge >= 0.3 is 0 Å². The van der Waals surface area contributed by atoms with Crippen LogP contribution in [0.25, 0.3) is 0 Å². The number of nitrogens with two attached hydrogens (primary N) is 1. The maximum atomic E-state index is 11.0. The van der Waals surface area contributed by atoms with E-state index >= 15 is 0 Å². The predicted octanol–water partition coefficient (Wildman–Crippen LogP) is 0.763. The molecule has 0 heterocycles. The van der Waals surface area contributed by atoms with Crippen molar-refractivity contribution in [3.63, 3.8) is 0 Å². The van der Waals surface area contributed by atoms with Crippen molar-refractivity contribution in [2.24, 2.45) is 11.1 Å². The fourth-order valence-electron chi connectivity index (χ4n) is 1.30. The average molecular weight is 258 g/mol.